The SMILES string of the molecule is CCCCc1cn(-c2ccc(OC(CCC)c3ccc(C(=O)NCCC(=O)O)cc3)cc2)cn1. The Morgan fingerprint density at radius 1 is 1.06 bits per heavy atom. The molecule has 1 atom stereocenters. The molecule has 7 nitrogen and oxygen atoms in total. The van der Waals surface area contributed by atoms with E-state index >= 15 is 0 Å². The number of hydrogen-bond donors (Lipinski definition) is 2. The summed E-state index contributed by atoms with van der Waals surface area (Å²) in [6, 6.07) is 15.3. The summed E-state index contributed by atoms with van der Waals surface area (Å²) in [6.07, 6.45) is 8.77. The zero-order valence-corrected chi connectivity index (χ0v) is 19.9. The van der Waals surface area contributed by atoms with E-state index in [4.69, 9.17) is 9.84 Å². The summed E-state index contributed by atoms with van der Waals surface area (Å²) in [6.45, 7) is 4.39. The second kappa shape index (κ2) is 12.6. The van der Waals surface area contributed by atoms with Gasteiger partial charge in [0.05, 0.1) is 18.4 Å². The quantitative estimate of drug-likeness (QED) is 0.357. The Labute approximate surface area is 200 Å². The van der Waals surface area contributed by atoms with Crippen LogP contribution in [0.15, 0.2) is 61.1 Å². The van der Waals surface area contributed by atoms with Crippen LogP contribution in [0, 0.1) is 0 Å². The Hall–Kier alpha value is -3.61. The minimum Gasteiger partial charge on any atom is -0.486 e. The van der Waals surface area contributed by atoms with E-state index in [0.717, 1.165) is 54.8 Å². The van der Waals surface area contributed by atoms with Crippen LogP contribution in [-0.2, 0) is 11.2 Å². The van der Waals surface area contributed by atoms with E-state index in [0.29, 0.717) is 5.56 Å². The zero-order chi connectivity index (χ0) is 24.3. The monoisotopic (exact) mass is 463 g/mol. The predicted octanol–water partition coefficient (Wildman–Crippen LogP) is 5.34. The number of benzene rings is 2. The van der Waals surface area contributed by atoms with E-state index in [1.165, 1.54) is 0 Å². The van der Waals surface area contributed by atoms with Gasteiger partial charge in [-0.3, -0.25) is 9.59 Å². The van der Waals surface area contributed by atoms with E-state index < -0.39 is 5.97 Å². The maximum atomic E-state index is 12.2. The van der Waals surface area contributed by atoms with E-state index in [1.54, 1.807) is 12.1 Å². The van der Waals surface area contributed by atoms with E-state index in [9.17, 15) is 9.59 Å². The van der Waals surface area contributed by atoms with Crippen LogP contribution in [0.4, 0.5) is 0 Å². The summed E-state index contributed by atoms with van der Waals surface area (Å²) < 4.78 is 8.32. The highest BCUT2D eigenvalue weighted by Crippen LogP contribution is 2.27. The molecule has 0 aliphatic rings. The number of rotatable bonds is 13. The van der Waals surface area contributed by atoms with Gasteiger partial charge in [-0.2, -0.15) is 0 Å². The molecular weight excluding hydrogens is 430 g/mol. The molecule has 1 amide bonds. The number of hydrogen-bond acceptors (Lipinski definition) is 4. The van der Waals surface area contributed by atoms with Gasteiger partial charge in [-0.05, 0) is 61.2 Å². The molecule has 0 fully saturated rings. The molecule has 180 valence electrons. The van der Waals surface area contributed by atoms with E-state index in [2.05, 4.69) is 30.3 Å². The van der Waals surface area contributed by atoms with Crippen molar-refractivity contribution >= 4 is 11.9 Å². The van der Waals surface area contributed by atoms with Crippen LogP contribution in [0.5, 0.6) is 5.75 Å². The number of imidazole rings is 1. The van der Waals surface area contributed by atoms with Crippen molar-refractivity contribution in [3.05, 3.63) is 77.9 Å². The third-order valence-corrected chi connectivity index (χ3v) is 5.56. The molecule has 0 bridgehead atoms. The first-order valence-electron chi connectivity index (χ1n) is 11.9. The van der Waals surface area contributed by atoms with Crippen molar-refractivity contribution in [1.29, 1.82) is 0 Å². The number of aliphatic carboxylic acids is 1. The van der Waals surface area contributed by atoms with Gasteiger partial charge < -0.3 is 19.7 Å². The Balaban J connectivity index is 1.63. The van der Waals surface area contributed by atoms with Gasteiger partial charge in [-0.1, -0.05) is 38.8 Å². The van der Waals surface area contributed by atoms with Crippen LogP contribution in [0.2, 0.25) is 0 Å². The molecule has 0 saturated heterocycles. The summed E-state index contributed by atoms with van der Waals surface area (Å²) in [5, 5.41) is 11.3. The summed E-state index contributed by atoms with van der Waals surface area (Å²) in [4.78, 5) is 27.3. The first kappa shape index (κ1) is 25.0. The standard InChI is InChI=1S/C27H33N3O4/c1-3-5-7-22-18-30(19-29-22)23-12-14-24(15-13-23)34-25(6-4-2)20-8-10-21(11-9-20)27(33)28-17-16-26(31)32/h8-15,18-19,25H,3-7,16-17H2,1-2H3,(H,28,33)(H,31,32). The van der Waals surface area contributed by atoms with Gasteiger partial charge >= 0.3 is 5.97 Å². The third-order valence-electron chi connectivity index (χ3n) is 5.56. The van der Waals surface area contributed by atoms with Gasteiger partial charge in [0.15, 0.2) is 0 Å². The van der Waals surface area contributed by atoms with Gasteiger partial charge in [0, 0.05) is 24.0 Å². The van der Waals surface area contributed by atoms with Gasteiger partial charge in [0.2, 0.25) is 0 Å². The van der Waals surface area contributed by atoms with Crippen LogP contribution < -0.4 is 10.1 Å². The maximum Gasteiger partial charge on any atom is 0.305 e. The van der Waals surface area contributed by atoms with E-state index in [-0.39, 0.29) is 25.0 Å². The van der Waals surface area contributed by atoms with Crippen molar-refractivity contribution in [2.24, 2.45) is 0 Å². The molecule has 2 N–H and O–H groups in total. The van der Waals surface area contributed by atoms with Crippen molar-refractivity contribution in [3.8, 4) is 11.4 Å². The van der Waals surface area contributed by atoms with Crippen LogP contribution in [0.1, 0.15) is 73.7 Å². The molecule has 1 aromatic heterocycles. The topological polar surface area (TPSA) is 93.5 Å². The molecule has 3 aromatic rings. The summed E-state index contributed by atoms with van der Waals surface area (Å²) >= 11 is 0. The first-order chi connectivity index (χ1) is 16.5. The molecule has 1 unspecified atom stereocenters. The molecule has 0 radical (unpaired) electrons. The fraction of sp³-hybridized carbons (Fsp3) is 0.370. The minimum absolute atomic E-state index is 0.101. The highest BCUT2D eigenvalue weighted by Gasteiger charge is 2.14. The number of carbonyl (C=O) groups excluding carboxylic acids is 1. The molecule has 0 saturated carbocycles. The van der Waals surface area contributed by atoms with Crippen LogP contribution in [0.3, 0.4) is 0 Å². The normalized spacial score (nSPS) is 11.7. The van der Waals surface area contributed by atoms with Crippen molar-refractivity contribution in [1.82, 2.24) is 14.9 Å². The van der Waals surface area contributed by atoms with Crippen molar-refractivity contribution in [2.45, 2.75) is 58.5 Å². The third kappa shape index (κ3) is 7.20. The van der Waals surface area contributed by atoms with Gasteiger partial charge in [0.1, 0.15) is 11.9 Å². The second-order valence-corrected chi connectivity index (χ2v) is 8.29. The number of carboxylic acid groups (broad SMARTS) is 1. The van der Waals surface area contributed by atoms with Crippen molar-refractivity contribution in [3.63, 3.8) is 0 Å². The van der Waals surface area contributed by atoms with Crippen LogP contribution in [0.25, 0.3) is 5.69 Å². The summed E-state index contributed by atoms with van der Waals surface area (Å²) in [5.74, 6) is -0.442. The number of unbranched alkanes of at least 4 members (excludes halogenated alkanes) is 1. The first-order valence-corrected chi connectivity index (χ1v) is 11.9. The number of nitrogens with zero attached hydrogens (tertiary/aromatic N) is 2. The van der Waals surface area contributed by atoms with Gasteiger partial charge in [0.25, 0.3) is 5.91 Å². The summed E-state index contributed by atoms with van der Waals surface area (Å²) in [5.41, 5.74) is 3.62. The molecule has 0 aliphatic carbocycles. The molecule has 7 heteroatoms. The smallest absolute Gasteiger partial charge is 0.305 e. The highest BCUT2D eigenvalue weighted by molar-refractivity contribution is 5.94. The maximum absolute atomic E-state index is 12.2. The molecule has 0 aliphatic heterocycles. The predicted molar refractivity (Wildman–Crippen MR) is 131 cm³/mol. The molecule has 34 heavy (non-hydrogen) atoms. The van der Waals surface area contributed by atoms with E-state index in [1.807, 2.05) is 47.3 Å². The number of carbonyl (C=O) groups is 2. The Kier molecular flexibility index (Phi) is 9.26. The fourth-order valence-electron chi connectivity index (χ4n) is 3.64. The lowest BCUT2D eigenvalue weighted by Crippen LogP contribution is -2.26. The number of nitrogens with one attached hydrogen (secondary N) is 1. The Morgan fingerprint density at radius 3 is 2.44 bits per heavy atom. The molecule has 2 aromatic carbocycles. The molecule has 1 heterocycles. The van der Waals surface area contributed by atoms with Crippen molar-refractivity contribution in [2.75, 3.05) is 6.54 Å². The zero-order valence-electron chi connectivity index (χ0n) is 19.9. The van der Waals surface area contributed by atoms with Crippen molar-refractivity contribution < 1.29 is 19.4 Å². The highest BCUT2D eigenvalue weighted by atomic mass is 16.5. The minimum atomic E-state index is -0.940. The van der Waals surface area contributed by atoms with Crippen LogP contribution in [-0.4, -0.2) is 33.1 Å². The number of carboxylic acids is 1. The molecule has 3 rings (SSSR count). The Bertz CT molecular complexity index is 1060. The fourth-order valence-corrected chi connectivity index (χ4v) is 3.64. The lowest BCUT2D eigenvalue weighted by molar-refractivity contribution is -0.136. The number of amides is 1. The lowest BCUT2D eigenvalue weighted by Gasteiger charge is -2.20. The van der Waals surface area contributed by atoms with Gasteiger partial charge in [-0.25, -0.2) is 4.98 Å². The molecular formula is C27H33N3O4. The second-order valence-electron chi connectivity index (χ2n) is 8.29. The average molecular weight is 464 g/mol. The molecule has 0 spiro atoms. The summed E-state index contributed by atoms with van der Waals surface area (Å²) in [7, 11) is 0. The van der Waals surface area contributed by atoms with Crippen LogP contribution >= 0.6 is 0 Å². The number of aromatic nitrogens is 2. The van der Waals surface area contributed by atoms with Gasteiger partial charge in [-0.15, -0.1) is 0 Å². The largest absolute Gasteiger partial charge is 0.486 e. The number of ether oxygens (including phenoxy) is 1. The Morgan fingerprint density at radius 2 is 1.79 bits per heavy atom. The lowest BCUT2D eigenvalue weighted by atomic mass is 10.0. The number of aryl methyl sites for hydroxylation is 1. The average Bonchev–Trinajstić information content (AvgIpc) is 3.32.